The minimum Gasteiger partial charge on any atom is -0.478 e. The lowest BCUT2D eigenvalue weighted by Gasteiger charge is -2.15. The average molecular weight is 317 g/mol. The van der Waals surface area contributed by atoms with Gasteiger partial charge in [-0.15, -0.1) is 0 Å². The molecule has 0 fully saturated rings. The van der Waals surface area contributed by atoms with Crippen molar-refractivity contribution < 1.29 is 14.7 Å². The van der Waals surface area contributed by atoms with E-state index in [-0.39, 0.29) is 17.3 Å². The fraction of sp³-hybridized carbons (Fsp3) is 0.385. The van der Waals surface area contributed by atoms with Gasteiger partial charge in [-0.2, -0.15) is 11.8 Å². The molecule has 1 aromatic carbocycles. The van der Waals surface area contributed by atoms with Crippen molar-refractivity contribution in [2.75, 3.05) is 17.3 Å². The highest BCUT2D eigenvalue weighted by Gasteiger charge is 2.14. The zero-order chi connectivity index (χ0) is 15.1. The van der Waals surface area contributed by atoms with Crippen molar-refractivity contribution in [1.82, 2.24) is 5.32 Å². The highest BCUT2D eigenvalue weighted by atomic mass is 35.5. The van der Waals surface area contributed by atoms with Crippen LogP contribution in [0, 0.1) is 0 Å². The van der Waals surface area contributed by atoms with Crippen molar-refractivity contribution >= 4 is 41.1 Å². The van der Waals surface area contributed by atoms with E-state index in [0.29, 0.717) is 5.02 Å². The van der Waals surface area contributed by atoms with Crippen LogP contribution in [-0.2, 0) is 0 Å². The highest BCUT2D eigenvalue weighted by molar-refractivity contribution is 7.98. The van der Waals surface area contributed by atoms with Crippen LogP contribution in [-0.4, -0.2) is 35.2 Å². The van der Waals surface area contributed by atoms with E-state index in [9.17, 15) is 9.59 Å². The fourth-order valence-electron chi connectivity index (χ4n) is 1.56. The van der Waals surface area contributed by atoms with Crippen LogP contribution in [0.5, 0.6) is 0 Å². The van der Waals surface area contributed by atoms with Crippen molar-refractivity contribution in [1.29, 1.82) is 0 Å². The summed E-state index contributed by atoms with van der Waals surface area (Å²) in [5.41, 5.74) is 0.181. The quantitative estimate of drug-likeness (QED) is 0.752. The number of hydrogen-bond donors (Lipinski definition) is 3. The summed E-state index contributed by atoms with van der Waals surface area (Å²) >= 11 is 7.51. The number of anilines is 1. The van der Waals surface area contributed by atoms with Crippen LogP contribution >= 0.6 is 23.4 Å². The minimum atomic E-state index is -1.12. The lowest BCUT2D eigenvalue weighted by Crippen LogP contribution is -2.36. The van der Waals surface area contributed by atoms with Gasteiger partial charge >= 0.3 is 12.0 Å². The van der Waals surface area contributed by atoms with Crippen molar-refractivity contribution in [3.63, 3.8) is 0 Å². The highest BCUT2D eigenvalue weighted by Crippen LogP contribution is 2.21. The third-order valence-electron chi connectivity index (χ3n) is 2.59. The van der Waals surface area contributed by atoms with E-state index < -0.39 is 12.0 Å². The molecule has 0 spiro atoms. The molecule has 0 aliphatic heterocycles. The van der Waals surface area contributed by atoms with Gasteiger partial charge in [0.25, 0.3) is 0 Å². The maximum absolute atomic E-state index is 11.8. The van der Waals surface area contributed by atoms with Gasteiger partial charge in [0.2, 0.25) is 0 Å². The van der Waals surface area contributed by atoms with Gasteiger partial charge in [0.1, 0.15) is 0 Å². The smallest absolute Gasteiger partial charge is 0.337 e. The number of carboxylic acid groups (broad SMARTS) is 1. The maximum Gasteiger partial charge on any atom is 0.337 e. The first kappa shape index (κ1) is 16.7. The summed E-state index contributed by atoms with van der Waals surface area (Å²) in [6.07, 6.45) is 2.84. The number of carbonyl (C=O) groups is 2. The first-order valence-corrected chi connectivity index (χ1v) is 7.80. The lowest BCUT2D eigenvalue weighted by molar-refractivity contribution is 0.0698. The monoisotopic (exact) mass is 316 g/mol. The van der Waals surface area contributed by atoms with Gasteiger partial charge in [-0.3, -0.25) is 0 Å². The van der Waals surface area contributed by atoms with Crippen molar-refractivity contribution in [2.24, 2.45) is 0 Å². The molecule has 3 N–H and O–H groups in total. The summed E-state index contributed by atoms with van der Waals surface area (Å²) in [6, 6.07) is 3.81. The number of carbonyl (C=O) groups excluding carboxylic acids is 1. The number of hydrogen-bond acceptors (Lipinski definition) is 3. The van der Waals surface area contributed by atoms with Crippen LogP contribution in [0.25, 0.3) is 0 Å². The third-order valence-corrected chi connectivity index (χ3v) is 3.47. The van der Waals surface area contributed by atoms with Crippen LogP contribution in [0.3, 0.4) is 0 Å². The van der Waals surface area contributed by atoms with E-state index in [4.69, 9.17) is 16.7 Å². The number of amides is 2. The topological polar surface area (TPSA) is 78.4 Å². The second kappa shape index (κ2) is 8.01. The molecule has 110 valence electrons. The molecule has 0 radical (unpaired) electrons. The first-order chi connectivity index (χ1) is 9.43. The number of thioether (sulfide) groups is 1. The molecule has 1 unspecified atom stereocenters. The number of nitrogens with one attached hydrogen (secondary N) is 2. The van der Waals surface area contributed by atoms with Gasteiger partial charge in [0.15, 0.2) is 0 Å². The summed E-state index contributed by atoms with van der Waals surface area (Å²) < 4.78 is 0. The molecule has 0 saturated heterocycles. The normalized spacial score (nSPS) is 11.8. The molecule has 20 heavy (non-hydrogen) atoms. The zero-order valence-electron chi connectivity index (χ0n) is 11.3. The van der Waals surface area contributed by atoms with E-state index in [1.165, 1.54) is 18.2 Å². The Balaban J connectivity index is 2.70. The predicted molar refractivity (Wildman–Crippen MR) is 83.0 cm³/mol. The van der Waals surface area contributed by atoms with Gasteiger partial charge in [0.05, 0.1) is 11.3 Å². The Morgan fingerprint density at radius 1 is 1.45 bits per heavy atom. The average Bonchev–Trinajstić information content (AvgIpc) is 2.35. The molecule has 1 aromatic rings. The SMILES string of the molecule is CSCCC(C)NC(=O)Nc1cc(Cl)ccc1C(=O)O. The van der Waals surface area contributed by atoms with E-state index in [1.54, 1.807) is 11.8 Å². The number of urea groups is 1. The van der Waals surface area contributed by atoms with Crippen molar-refractivity contribution in [3.05, 3.63) is 28.8 Å². The van der Waals surface area contributed by atoms with Gasteiger partial charge in [0, 0.05) is 11.1 Å². The van der Waals surface area contributed by atoms with Crippen LogP contribution in [0.2, 0.25) is 5.02 Å². The molecule has 0 saturated carbocycles. The van der Waals surface area contributed by atoms with Gasteiger partial charge in [-0.25, -0.2) is 9.59 Å². The summed E-state index contributed by atoms with van der Waals surface area (Å²) in [6.45, 7) is 1.89. The van der Waals surface area contributed by atoms with Crippen LogP contribution < -0.4 is 10.6 Å². The van der Waals surface area contributed by atoms with E-state index in [0.717, 1.165) is 12.2 Å². The Labute approximate surface area is 127 Å². The Bertz CT molecular complexity index is 497. The van der Waals surface area contributed by atoms with Crippen LogP contribution in [0.4, 0.5) is 10.5 Å². The van der Waals surface area contributed by atoms with E-state index in [1.807, 2.05) is 13.2 Å². The Morgan fingerprint density at radius 3 is 2.75 bits per heavy atom. The molecule has 1 rings (SSSR count). The molecule has 0 aliphatic carbocycles. The summed E-state index contributed by atoms with van der Waals surface area (Å²) in [7, 11) is 0. The summed E-state index contributed by atoms with van der Waals surface area (Å²) in [4.78, 5) is 22.9. The second-order valence-corrected chi connectivity index (χ2v) is 5.70. The predicted octanol–water partition coefficient (Wildman–Crippen LogP) is 3.30. The summed E-state index contributed by atoms with van der Waals surface area (Å²) in [5, 5.41) is 14.7. The van der Waals surface area contributed by atoms with Gasteiger partial charge in [-0.05, 0) is 43.6 Å². The third kappa shape index (κ3) is 5.30. The van der Waals surface area contributed by atoms with Crippen molar-refractivity contribution in [3.8, 4) is 0 Å². The van der Waals surface area contributed by atoms with Crippen LogP contribution in [0.15, 0.2) is 18.2 Å². The largest absolute Gasteiger partial charge is 0.478 e. The molecule has 5 nitrogen and oxygen atoms in total. The fourth-order valence-corrected chi connectivity index (χ4v) is 2.32. The zero-order valence-corrected chi connectivity index (χ0v) is 12.8. The first-order valence-electron chi connectivity index (χ1n) is 6.03. The molecule has 0 bridgehead atoms. The van der Waals surface area contributed by atoms with Gasteiger partial charge < -0.3 is 15.7 Å². The molecule has 2 amide bonds. The lowest BCUT2D eigenvalue weighted by atomic mass is 10.2. The Morgan fingerprint density at radius 2 is 2.15 bits per heavy atom. The maximum atomic E-state index is 11.8. The Kier molecular flexibility index (Phi) is 6.67. The molecule has 0 aromatic heterocycles. The number of halogens is 1. The summed E-state index contributed by atoms with van der Waals surface area (Å²) in [5.74, 6) is -0.175. The molecule has 1 atom stereocenters. The van der Waals surface area contributed by atoms with Gasteiger partial charge in [-0.1, -0.05) is 11.6 Å². The van der Waals surface area contributed by atoms with Crippen molar-refractivity contribution in [2.45, 2.75) is 19.4 Å². The second-order valence-electron chi connectivity index (χ2n) is 4.28. The standard InChI is InChI=1S/C13H17ClN2O3S/c1-8(5-6-20-2)15-13(19)16-11-7-9(14)3-4-10(11)12(17)18/h3-4,7-8H,5-6H2,1-2H3,(H,17,18)(H2,15,16,19). The molecule has 0 aliphatic rings. The molecule has 0 heterocycles. The van der Waals surface area contributed by atoms with E-state index >= 15 is 0 Å². The number of carboxylic acids is 1. The Hall–Kier alpha value is -1.40. The molecule has 7 heteroatoms. The molecular weight excluding hydrogens is 300 g/mol. The minimum absolute atomic E-state index is 0.00122. The van der Waals surface area contributed by atoms with Crippen LogP contribution in [0.1, 0.15) is 23.7 Å². The van der Waals surface area contributed by atoms with E-state index in [2.05, 4.69) is 10.6 Å². The number of aromatic carboxylic acids is 1. The molecular formula is C13H17ClN2O3S. The number of rotatable bonds is 6. The number of benzene rings is 1.